The fraction of sp³-hybridized carbons (Fsp3) is 0.647. The van der Waals surface area contributed by atoms with Crippen molar-refractivity contribution in [3.05, 3.63) is 18.2 Å². The molecule has 0 amide bonds. The second kappa shape index (κ2) is 6.87. The standard InChI is InChI=1S/C17H28N2O/c1-4-14-6-5-8-19(9-7-14)16-10-15(18)11-17(12-16)20-13(2)3/h10-14H,4-9,18H2,1-3H3. The Labute approximate surface area is 123 Å². The molecule has 112 valence electrons. The Hall–Kier alpha value is -1.38. The fourth-order valence-corrected chi connectivity index (χ4v) is 2.96. The Kier molecular flexibility index (Phi) is 5.16. The van der Waals surface area contributed by atoms with E-state index in [9.17, 15) is 0 Å². The average Bonchev–Trinajstić information content (AvgIpc) is 2.62. The van der Waals surface area contributed by atoms with Crippen LogP contribution in [0.4, 0.5) is 11.4 Å². The average molecular weight is 276 g/mol. The molecule has 3 heteroatoms. The molecule has 1 aromatic rings. The topological polar surface area (TPSA) is 38.5 Å². The Morgan fingerprint density at radius 2 is 2.05 bits per heavy atom. The van der Waals surface area contributed by atoms with Crippen LogP contribution in [0.15, 0.2) is 18.2 Å². The van der Waals surface area contributed by atoms with Crippen molar-refractivity contribution in [3.63, 3.8) is 0 Å². The van der Waals surface area contributed by atoms with Crippen LogP contribution in [0.1, 0.15) is 46.5 Å². The molecule has 0 aliphatic carbocycles. The number of hydrogen-bond acceptors (Lipinski definition) is 3. The summed E-state index contributed by atoms with van der Waals surface area (Å²) in [5, 5.41) is 0. The highest BCUT2D eigenvalue weighted by molar-refractivity contribution is 5.60. The maximum Gasteiger partial charge on any atom is 0.123 e. The van der Waals surface area contributed by atoms with Crippen molar-refractivity contribution in [1.29, 1.82) is 0 Å². The van der Waals surface area contributed by atoms with E-state index in [-0.39, 0.29) is 6.10 Å². The molecule has 0 saturated carbocycles. The Morgan fingerprint density at radius 1 is 1.25 bits per heavy atom. The molecule has 0 spiro atoms. The predicted molar refractivity (Wildman–Crippen MR) is 86.5 cm³/mol. The minimum Gasteiger partial charge on any atom is -0.491 e. The van der Waals surface area contributed by atoms with E-state index in [1.54, 1.807) is 0 Å². The van der Waals surface area contributed by atoms with Gasteiger partial charge in [0.1, 0.15) is 5.75 Å². The monoisotopic (exact) mass is 276 g/mol. The van der Waals surface area contributed by atoms with Gasteiger partial charge in [0.05, 0.1) is 6.10 Å². The number of hydrogen-bond donors (Lipinski definition) is 1. The summed E-state index contributed by atoms with van der Waals surface area (Å²) in [7, 11) is 0. The third-order valence-corrected chi connectivity index (χ3v) is 4.08. The van der Waals surface area contributed by atoms with E-state index in [1.807, 2.05) is 19.9 Å². The third-order valence-electron chi connectivity index (χ3n) is 4.08. The summed E-state index contributed by atoms with van der Waals surface area (Å²) < 4.78 is 5.79. The zero-order valence-corrected chi connectivity index (χ0v) is 13.1. The van der Waals surface area contributed by atoms with Crippen LogP contribution in [-0.4, -0.2) is 19.2 Å². The first-order valence-corrected chi connectivity index (χ1v) is 7.90. The van der Waals surface area contributed by atoms with E-state index >= 15 is 0 Å². The van der Waals surface area contributed by atoms with Gasteiger partial charge in [-0.3, -0.25) is 0 Å². The van der Waals surface area contributed by atoms with Crippen LogP contribution < -0.4 is 15.4 Å². The number of anilines is 2. The van der Waals surface area contributed by atoms with Crippen molar-refractivity contribution in [1.82, 2.24) is 0 Å². The van der Waals surface area contributed by atoms with Crippen LogP contribution in [0.3, 0.4) is 0 Å². The van der Waals surface area contributed by atoms with Crippen molar-refractivity contribution < 1.29 is 4.74 Å². The smallest absolute Gasteiger partial charge is 0.123 e. The molecule has 0 aromatic heterocycles. The molecule has 2 rings (SSSR count). The van der Waals surface area contributed by atoms with Crippen molar-refractivity contribution in [2.24, 2.45) is 5.92 Å². The minimum atomic E-state index is 0.179. The largest absolute Gasteiger partial charge is 0.491 e. The number of nitrogens with two attached hydrogens (primary N) is 1. The van der Waals surface area contributed by atoms with Crippen molar-refractivity contribution in [2.45, 2.75) is 52.6 Å². The molecule has 1 heterocycles. The molecule has 1 aliphatic heterocycles. The normalized spacial score (nSPS) is 20.0. The summed E-state index contributed by atoms with van der Waals surface area (Å²) in [4.78, 5) is 2.46. The quantitative estimate of drug-likeness (QED) is 0.842. The lowest BCUT2D eigenvalue weighted by Gasteiger charge is -2.24. The van der Waals surface area contributed by atoms with E-state index < -0.39 is 0 Å². The fourth-order valence-electron chi connectivity index (χ4n) is 2.96. The molecular formula is C17H28N2O. The number of nitrogens with zero attached hydrogens (tertiary/aromatic N) is 1. The Balaban J connectivity index is 2.12. The number of rotatable bonds is 4. The van der Waals surface area contributed by atoms with Gasteiger partial charge in [-0.15, -0.1) is 0 Å². The van der Waals surface area contributed by atoms with E-state index in [0.29, 0.717) is 0 Å². The SMILES string of the molecule is CCC1CCCN(c2cc(N)cc(OC(C)C)c2)CC1. The molecule has 0 radical (unpaired) electrons. The molecule has 1 atom stereocenters. The van der Waals surface area contributed by atoms with E-state index in [4.69, 9.17) is 10.5 Å². The van der Waals surface area contributed by atoms with Gasteiger partial charge in [0, 0.05) is 36.6 Å². The van der Waals surface area contributed by atoms with Gasteiger partial charge in [-0.1, -0.05) is 13.3 Å². The van der Waals surface area contributed by atoms with Crippen molar-refractivity contribution in [3.8, 4) is 5.75 Å². The minimum absolute atomic E-state index is 0.179. The second-order valence-corrected chi connectivity index (χ2v) is 6.12. The summed E-state index contributed by atoms with van der Waals surface area (Å²) in [5.74, 6) is 1.76. The predicted octanol–water partition coefficient (Wildman–Crippen LogP) is 4.07. The van der Waals surface area contributed by atoms with Gasteiger partial charge in [-0.25, -0.2) is 0 Å². The summed E-state index contributed by atoms with van der Waals surface area (Å²) in [6, 6.07) is 6.11. The first kappa shape index (κ1) is 15.0. The molecule has 3 nitrogen and oxygen atoms in total. The van der Waals surface area contributed by atoms with E-state index in [0.717, 1.165) is 30.4 Å². The molecule has 1 unspecified atom stereocenters. The molecule has 2 N–H and O–H groups in total. The van der Waals surface area contributed by atoms with Crippen LogP contribution in [-0.2, 0) is 0 Å². The maximum absolute atomic E-state index is 6.03. The van der Waals surface area contributed by atoms with Crippen LogP contribution in [0.5, 0.6) is 5.75 Å². The zero-order valence-electron chi connectivity index (χ0n) is 13.1. The van der Waals surface area contributed by atoms with Gasteiger partial charge >= 0.3 is 0 Å². The van der Waals surface area contributed by atoms with Gasteiger partial charge in [0.2, 0.25) is 0 Å². The van der Waals surface area contributed by atoms with E-state index in [1.165, 1.54) is 31.4 Å². The Bertz CT molecular complexity index is 431. The molecule has 20 heavy (non-hydrogen) atoms. The highest BCUT2D eigenvalue weighted by Crippen LogP contribution is 2.29. The summed E-state index contributed by atoms with van der Waals surface area (Å²) in [5.41, 5.74) is 8.02. The molecular weight excluding hydrogens is 248 g/mol. The highest BCUT2D eigenvalue weighted by Gasteiger charge is 2.17. The number of nitrogen functional groups attached to an aromatic ring is 1. The lowest BCUT2D eigenvalue weighted by atomic mass is 9.98. The summed E-state index contributed by atoms with van der Waals surface area (Å²) >= 11 is 0. The lowest BCUT2D eigenvalue weighted by molar-refractivity contribution is 0.242. The van der Waals surface area contributed by atoms with E-state index in [2.05, 4.69) is 24.0 Å². The van der Waals surface area contributed by atoms with Gasteiger partial charge in [0.15, 0.2) is 0 Å². The van der Waals surface area contributed by atoms with Gasteiger partial charge < -0.3 is 15.4 Å². The van der Waals surface area contributed by atoms with Gasteiger partial charge in [0.25, 0.3) is 0 Å². The molecule has 0 bridgehead atoms. The zero-order chi connectivity index (χ0) is 14.5. The maximum atomic E-state index is 6.03. The van der Waals surface area contributed by atoms with Crippen molar-refractivity contribution >= 4 is 11.4 Å². The van der Waals surface area contributed by atoms with Crippen LogP contribution in [0, 0.1) is 5.92 Å². The first-order chi connectivity index (χ1) is 9.58. The first-order valence-electron chi connectivity index (χ1n) is 7.90. The lowest BCUT2D eigenvalue weighted by Crippen LogP contribution is -2.24. The Morgan fingerprint density at radius 3 is 2.75 bits per heavy atom. The number of benzene rings is 1. The number of ether oxygens (including phenoxy) is 1. The molecule has 1 saturated heterocycles. The highest BCUT2D eigenvalue weighted by atomic mass is 16.5. The van der Waals surface area contributed by atoms with Crippen LogP contribution >= 0.6 is 0 Å². The van der Waals surface area contributed by atoms with Crippen LogP contribution in [0.25, 0.3) is 0 Å². The summed E-state index contributed by atoms with van der Waals surface area (Å²) in [6.07, 6.45) is 5.38. The molecule has 1 aromatic carbocycles. The molecule has 1 fully saturated rings. The molecule has 1 aliphatic rings. The summed E-state index contributed by atoms with van der Waals surface area (Å²) in [6.45, 7) is 8.64. The van der Waals surface area contributed by atoms with Crippen LogP contribution in [0.2, 0.25) is 0 Å². The van der Waals surface area contributed by atoms with Gasteiger partial charge in [-0.05, 0) is 45.1 Å². The van der Waals surface area contributed by atoms with Gasteiger partial charge in [-0.2, -0.15) is 0 Å². The third kappa shape index (κ3) is 4.06. The second-order valence-electron chi connectivity index (χ2n) is 6.12. The van der Waals surface area contributed by atoms with Crippen molar-refractivity contribution in [2.75, 3.05) is 23.7 Å².